The molecule has 0 bridgehead atoms. The summed E-state index contributed by atoms with van der Waals surface area (Å²) in [5.41, 5.74) is 2.04. The van der Waals surface area contributed by atoms with Crippen LogP contribution in [-0.2, 0) is 21.9 Å². The molecule has 0 aliphatic heterocycles. The van der Waals surface area contributed by atoms with Gasteiger partial charge in [0.25, 0.3) is 0 Å². The molecule has 154 valence electrons. The van der Waals surface area contributed by atoms with Crippen molar-refractivity contribution in [2.45, 2.75) is 38.1 Å². The van der Waals surface area contributed by atoms with Gasteiger partial charge < -0.3 is 10.2 Å². The van der Waals surface area contributed by atoms with Gasteiger partial charge in [0.05, 0.1) is 17.4 Å². The molecule has 1 amide bonds. The zero-order chi connectivity index (χ0) is 20.9. The summed E-state index contributed by atoms with van der Waals surface area (Å²) < 4.78 is 29.2. The van der Waals surface area contributed by atoms with Gasteiger partial charge in [-0.25, -0.2) is 8.42 Å². The second kappa shape index (κ2) is 9.20. The maximum atomic E-state index is 12.6. The number of hydrogen-bond acceptors (Lipinski definition) is 5. The molecule has 1 aromatic carbocycles. The standard InChI is InChI=1S/C19H29N5O3S/c1-14-18(16(3)24(5)21-14)28(26,27)22-15(2)19(25)20-12-9-13-23(4)17-10-7-6-8-11-17/h6-8,10-11,15,22H,9,12-13H2,1-5H3,(H,20,25)/t15-/m0/s1. The zero-order valence-electron chi connectivity index (χ0n) is 17.1. The van der Waals surface area contributed by atoms with E-state index >= 15 is 0 Å². The van der Waals surface area contributed by atoms with Gasteiger partial charge >= 0.3 is 0 Å². The Morgan fingerprint density at radius 2 is 1.89 bits per heavy atom. The van der Waals surface area contributed by atoms with Gasteiger partial charge in [0.1, 0.15) is 4.90 Å². The van der Waals surface area contributed by atoms with Crippen LogP contribution in [0.15, 0.2) is 35.2 Å². The molecule has 0 unspecified atom stereocenters. The van der Waals surface area contributed by atoms with Gasteiger partial charge in [-0.15, -0.1) is 0 Å². The Kier molecular flexibility index (Phi) is 7.20. The Morgan fingerprint density at radius 3 is 2.46 bits per heavy atom. The van der Waals surface area contributed by atoms with Crippen molar-refractivity contribution in [3.63, 3.8) is 0 Å². The Morgan fingerprint density at radius 1 is 1.25 bits per heavy atom. The molecule has 2 aromatic rings. The molecule has 0 spiro atoms. The van der Waals surface area contributed by atoms with Gasteiger partial charge in [-0.3, -0.25) is 9.48 Å². The van der Waals surface area contributed by atoms with E-state index < -0.39 is 16.1 Å². The predicted octanol–water partition coefficient (Wildman–Crippen LogP) is 1.35. The van der Waals surface area contributed by atoms with Gasteiger partial charge in [0.2, 0.25) is 15.9 Å². The van der Waals surface area contributed by atoms with E-state index in [1.165, 1.54) is 11.6 Å². The minimum atomic E-state index is -3.83. The van der Waals surface area contributed by atoms with Crippen LogP contribution >= 0.6 is 0 Å². The summed E-state index contributed by atoms with van der Waals surface area (Å²) in [6, 6.07) is 9.10. The van der Waals surface area contributed by atoms with Crippen LogP contribution < -0.4 is 14.9 Å². The number of amides is 1. The molecule has 0 radical (unpaired) electrons. The Balaban J connectivity index is 1.84. The number of aromatic nitrogens is 2. The number of rotatable bonds is 9. The average molecular weight is 408 g/mol. The Hall–Kier alpha value is -2.39. The maximum Gasteiger partial charge on any atom is 0.244 e. The van der Waals surface area contributed by atoms with Crippen LogP contribution in [-0.4, -0.2) is 50.3 Å². The highest BCUT2D eigenvalue weighted by atomic mass is 32.2. The van der Waals surface area contributed by atoms with Crippen LogP contribution in [0.5, 0.6) is 0 Å². The fraction of sp³-hybridized carbons (Fsp3) is 0.474. The van der Waals surface area contributed by atoms with Gasteiger partial charge in [-0.1, -0.05) is 18.2 Å². The monoisotopic (exact) mass is 407 g/mol. The number of aryl methyl sites for hydroxylation is 2. The van der Waals surface area contributed by atoms with Crippen LogP contribution in [0, 0.1) is 13.8 Å². The lowest BCUT2D eigenvalue weighted by Crippen LogP contribution is -2.45. The molecular weight excluding hydrogens is 378 g/mol. The number of carbonyl (C=O) groups excluding carboxylic acids is 1. The maximum absolute atomic E-state index is 12.6. The number of nitrogens with zero attached hydrogens (tertiary/aromatic N) is 3. The molecule has 2 N–H and O–H groups in total. The quantitative estimate of drug-likeness (QED) is 0.612. The molecule has 28 heavy (non-hydrogen) atoms. The van der Waals surface area contributed by atoms with Crippen molar-refractivity contribution in [3.05, 3.63) is 41.7 Å². The third-order valence-electron chi connectivity index (χ3n) is 4.60. The SMILES string of the molecule is Cc1nn(C)c(C)c1S(=O)(=O)N[C@@H](C)C(=O)NCCCN(C)c1ccccc1. The van der Waals surface area contributed by atoms with E-state index in [1.54, 1.807) is 20.9 Å². The highest BCUT2D eigenvalue weighted by Crippen LogP contribution is 2.18. The zero-order valence-corrected chi connectivity index (χ0v) is 17.9. The lowest BCUT2D eigenvalue weighted by molar-refractivity contribution is -0.122. The normalized spacial score (nSPS) is 12.6. The molecule has 1 atom stereocenters. The lowest BCUT2D eigenvalue weighted by atomic mass is 10.3. The molecule has 0 saturated carbocycles. The molecule has 0 saturated heterocycles. The summed E-state index contributed by atoms with van der Waals surface area (Å²) in [5.74, 6) is -0.356. The Bertz CT molecular complexity index is 909. The molecule has 1 aromatic heterocycles. The third-order valence-corrected chi connectivity index (χ3v) is 6.40. The molecule has 1 heterocycles. The van der Waals surface area contributed by atoms with Crippen LogP contribution in [0.4, 0.5) is 5.69 Å². The average Bonchev–Trinajstić information content (AvgIpc) is 2.91. The van der Waals surface area contributed by atoms with E-state index in [0.717, 1.165) is 18.7 Å². The number of benzene rings is 1. The van der Waals surface area contributed by atoms with Crippen molar-refractivity contribution in [2.75, 3.05) is 25.0 Å². The van der Waals surface area contributed by atoms with Crippen LogP contribution in [0.1, 0.15) is 24.7 Å². The first-order valence-electron chi connectivity index (χ1n) is 9.20. The summed E-state index contributed by atoms with van der Waals surface area (Å²) in [6.07, 6.45) is 0.747. The van der Waals surface area contributed by atoms with E-state index in [9.17, 15) is 13.2 Å². The van der Waals surface area contributed by atoms with Crippen LogP contribution in [0.3, 0.4) is 0 Å². The topological polar surface area (TPSA) is 96.3 Å². The second-order valence-corrected chi connectivity index (χ2v) is 8.52. The second-order valence-electron chi connectivity index (χ2n) is 6.87. The van der Waals surface area contributed by atoms with E-state index in [0.29, 0.717) is 17.9 Å². The number of nitrogens with one attached hydrogen (secondary N) is 2. The molecule has 8 nitrogen and oxygen atoms in total. The van der Waals surface area contributed by atoms with Gasteiger partial charge in [-0.2, -0.15) is 9.82 Å². The number of para-hydroxylation sites is 1. The molecule has 9 heteroatoms. The van der Waals surface area contributed by atoms with E-state index in [2.05, 4.69) is 20.0 Å². The first-order chi connectivity index (χ1) is 13.1. The molecule has 2 rings (SSSR count). The van der Waals surface area contributed by atoms with Crippen LogP contribution in [0.25, 0.3) is 0 Å². The number of hydrogen-bond donors (Lipinski definition) is 2. The summed E-state index contributed by atoms with van der Waals surface area (Å²) in [4.78, 5) is 14.5. The fourth-order valence-corrected chi connectivity index (χ4v) is 4.62. The summed E-state index contributed by atoms with van der Waals surface area (Å²) in [5, 5.41) is 6.91. The van der Waals surface area contributed by atoms with E-state index in [4.69, 9.17) is 0 Å². The van der Waals surface area contributed by atoms with Crippen LogP contribution in [0.2, 0.25) is 0 Å². The van der Waals surface area contributed by atoms with Crippen molar-refractivity contribution < 1.29 is 13.2 Å². The van der Waals surface area contributed by atoms with Gasteiger partial charge in [-0.05, 0) is 39.3 Å². The van der Waals surface area contributed by atoms with Crippen molar-refractivity contribution >= 4 is 21.6 Å². The smallest absolute Gasteiger partial charge is 0.244 e. The van der Waals surface area contributed by atoms with Crippen molar-refractivity contribution in [2.24, 2.45) is 7.05 Å². The van der Waals surface area contributed by atoms with Crippen molar-refractivity contribution in [1.82, 2.24) is 19.8 Å². The van der Waals surface area contributed by atoms with Gasteiger partial charge in [0, 0.05) is 32.9 Å². The number of sulfonamides is 1. The Labute approximate surface area is 167 Å². The number of carbonyl (C=O) groups is 1. The first-order valence-corrected chi connectivity index (χ1v) is 10.7. The molecule has 0 aliphatic rings. The molecule has 0 fully saturated rings. The molecular formula is C19H29N5O3S. The van der Waals surface area contributed by atoms with E-state index in [-0.39, 0.29) is 10.8 Å². The summed E-state index contributed by atoms with van der Waals surface area (Å²) in [6.45, 7) is 6.09. The van der Waals surface area contributed by atoms with E-state index in [1.807, 2.05) is 37.4 Å². The van der Waals surface area contributed by atoms with Gasteiger partial charge in [0.15, 0.2) is 0 Å². The first kappa shape index (κ1) is 21.9. The highest BCUT2D eigenvalue weighted by Gasteiger charge is 2.27. The molecule has 0 aliphatic carbocycles. The third kappa shape index (κ3) is 5.32. The summed E-state index contributed by atoms with van der Waals surface area (Å²) in [7, 11) is -0.150. The largest absolute Gasteiger partial charge is 0.375 e. The van der Waals surface area contributed by atoms with Crippen molar-refractivity contribution in [3.8, 4) is 0 Å². The van der Waals surface area contributed by atoms with Crippen molar-refractivity contribution in [1.29, 1.82) is 0 Å². The minimum Gasteiger partial charge on any atom is -0.375 e. The minimum absolute atomic E-state index is 0.124. The number of anilines is 1. The highest BCUT2D eigenvalue weighted by molar-refractivity contribution is 7.89. The lowest BCUT2D eigenvalue weighted by Gasteiger charge is -2.19. The fourth-order valence-electron chi connectivity index (χ4n) is 2.98. The predicted molar refractivity (Wildman–Crippen MR) is 110 cm³/mol. The summed E-state index contributed by atoms with van der Waals surface area (Å²) >= 11 is 0.